The number of nitrogens with one attached hydrogen (secondary N) is 1. The summed E-state index contributed by atoms with van der Waals surface area (Å²) in [5.41, 5.74) is 2.58. The van der Waals surface area contributed by atoms with E-state index in [-0.39, 0.29) is 28.9 Å². The molecular weight excluding hydrogens is 432 g/mol. The summed E-state index contributed by atoms with van der Waals surface area (Å²) in [6, 6.07) is 16.7. The van der Waals surface area contributed by atoms with Crippen molar-refractivity contribution in [2.24, 2.45) is 5.92 Å². The fourth-order valence-corrected chi connectivity index (χ4v) is 5.14. The van der Waals surface area contributed by atoms with Crippen LogP contribution < -0.4 is 10.1 Å². The second-order valence-electron chi connectivity index (χ2n) is 8.88. The Morgan fingerprint density at radius 1 is 1.03 bits per heavy atom. The molecule has 3 aliphatic rings. The molecule has 34 heavy (non-hydrogen) atoms. The fraction of sp³-hybridized carbons (Fsp3) is 0.296. The van der Waals surface area contributed by atoms with Crippen LogP contribution >= 0.6 is 0 Å². The predicted octanol–water partition coefficient (Wildman–Crippen LogP) is 3.69. The molecule has 1 saturated heterocycles. The number of nitrogens with zero attached hydrogens (tertiary/aromatic N) is 1. The number of carbonyl (C=O) groups is 3. The fourth-order valence-electron chi connectivity index (χ4n) is 5.14. The van der Waals surface area contributed by atoms with Crippen LogP contribution in [0.1, 0.15) is 31.2 Å². The maximum absolute atomic E-state index is 13.4. The molecule has 7 heteroatoms. The van der Waals surface area contributed by atoms with Gasteiger partial charge in [0.15, 0.2) is 5.78 Å². The molecule has 2 unspecified atom stereocenters. The molecule has 5 rings (SSSR count). The Hall–Kier alpha value is -3.87. The number of rotatable bonds is 4. The maximum Gasteiger partial charge on any atom is 0.337 e. The first kappa shape index (κ1) is 21.9. The van der Waals surface area contributed by atoms with Gasteiger partial charge in [0.05, 0.1) is 12.7 Å². The second-order valence-corrected chi connectivity index (χ2v) is 8.88. The molecule has 0 bridgehead atoms. The van der Waals surface area contributed by atoms with E-state index >= 15 is 0 Å². The van der Waals surface area contributed by atoms with Crippen LogP contribution in [0, 0.1) is 5.92 Å². The summed E-state index contributed by atoms with van der Waals surface area (Å²) >= 11 is 0. The van der Waals surface area contributed by atoms with Crippen molar-refractivity contribution in [1.29, 1.82) is 0 Å². The molecule has 0 saturated carbocycles. The first-order valence-corrected chi connectivity index (χ1v) is 11.4. The molecular formula is C27H26N2O5. The average Bonchev–Trinajstić information content (AvgIpc) is 2.84. The van der Waals surface area contributed by atoms with Gasteiger partial charge < -0.3 is 19.7 Å². The van der Waals surface area contributed by atoms with Crippen LogP contribution in [0.15, 0.2) is 77.1 Å². The minimum Gasteiger partial charge on any atom is -0.466 e. The largest absolute Gasteiger partial charge is 0.466 e. The highest BCUT2D eigenvalue weighted by Gasteiger charge is 2.46. The van der Waals surface area contributed by atoms with E-state index in [9.17, 15) is 14.4 Å². The smallest absolute Gasteiger partial charge is 0.337 e. The van der Waals surface area contributed by atoms with E-state index in [1.165, 1.54) is 7.11 Å². The zero-order valence-electron chi connectivity index (χ0n) is 19.2. The number of ketones is 1. The molecule has 2 atom stereocenters. The van der Waals surface area contributed by atoms with Crippen LogP contribution in [-0.2, 0) is 19.1 Å². The van der Waals surface area contributed by atoms with Gasteiger partial charge in [0.2, 0.25) is 0 Å². The Morgan fingerprint density at radius 2 is 1.79 bits per heavy atom. The Kier molecular flexibility index (Phi) is 5.69. The molecule has 1 amide bonds. The molecule has 174 valence electrons. The van der Waals surface area contributed by atoms with Gasteiger partial charge in [-0.05, 0) is 42.2 Å². The van der Waals surface area contributed by atoms with Gasteiger partial charge in [-0.1, -0.05) is 37.3 Å². The summed E-state index contributed by atoms with van der Waals surface area (Å²) in [6.07, 6.45) is 1.07. The highest BCUT2D eigenvalue weighted by Crippen LogP contribution is 2.48. The van der Waals surface area contributed by atoms with Gasteiger partial charge in [0.1, 0.15) is 17.2 Å². The van der Waals surface area contributed by atoms with E-state index in [1.807, 2.05) is 66.4 Å². The molecule has 2 aromatic rings. The molecule has 2 aliphatic heterocycles. The van der Waals surface area contributed by atoms with Crippen LogP contribution in [-0.4, -0.2) is 42.8 Å². The number of allylic oxidation sites excluding steroid dienone is 2. The van der Waals surface area contributed by atoms with Gasteiger partial charge in [-0.3, -0.25) is 9.59 Å². The van der Waals surface area contributed by atoms with Crippen molar-refractivity contribution in [2.75, 3.05) is 20.2 Å². The molecule has 1 N–H and O–H groups in total. The van der Waals surface area contributed by atoms with Crippen molar-refractivity contribution in [3.8, 4) is 11.5 Å². The van der Waals surface area contributed by atoms with Crippen molar-refractivity contribution < 1.29 is 23.9 Å². The summed E-state index contributed by atoms with van der Waals surface area (Å²) in [7, 11) is 1.29. The Balaban J connectivity index is 1.69. The highest BCUT2D eigenvalue weighted by molar-refractivity contribution is 6.09. The van der Waals surface area contributed by atoms with Crippen molar-refractivity contribution in [3.05, 3.63) is 82.7 Å². The number of Topliss-reactive ketones (excluding diaryl/α,β-unsaturated/α-hetero) is 1. The number of piperazine rings is 1. The van der Waals surface area contributed by atoms with E-state index in [1.54, 1.807) is 0 Å². The SMILES string of the molecule is COC(=O)C1=C2C(=O)NCCN2C2=C(C(=O)CC(C)C2)C1c1cccc(Oc2ccccc2)c1. The Morgan fingerprint density at radius 3 is 2.56 bits per heavy atom. The standard InChI is InChI=1S/C27H26N2O5/c1-16-13-20-23(21(30)14-16)22(24(27(32)33-2)25-26(31)28-11-12-29(20)25)17-7-6-10-19(15-17)34-18-8-4-3-5-9-18/h3-10,15-16,22H,11-14H2,1-2H3,(H,28,31). The second kappa shape index (κ2) is 8.82. The number of amides is 1. The minimum absolute atomic E-state index is 0.000402. The molecule has 7 nitrogen and oxygen atoms in total. The van der Waals surface area contributed by atoms with E-state index < -0.39 is 11.9 Å². The van der Waals surface area contributed by atoms with Gasteiger partial charge in [0.25, 0.3) is 5.91 Å². The van der Waals surface area contributed by atoms with Crippen LogP contribution in [0.5, 0.6) is 11.5 Å². The number of hydrogen-bond donors (Lipinski definition) is 1. The Bertz CT molecular complexity index is 1230. The third kappa shape index (κ3) is 3.77. The van der Waals surface area contributed by atoms with Crippen molar-refractivity contribution >= 4 is 17.7 Å². The van der Waals surface area contributed by atoms with Gasteiger partial charge in [-0.2, -0.15) is 0 Å². The van der Waals surface area contributed by atoms with Gasteiger partial charge >= 0.3 is 5.97 Å². The lowest BCUT2D eigenvalue weighted by Crippen LogP contribution is -2.50. The molecule has 1 aliphatic carbocycles. The quantitative estimate of drug-likeness (QED) is 0.704. The zero-order chi connectivity index (χ0) is 23.8. The third-order valence-electron chi connectivity index (χ3n) is 6.53. The number of ether oxygens (including phenoxy) is 2. The summed E-state index contributed by atoms with van der Waals surface area (Å²) in [6.45, 7) is 2.99. The lowest BCUT2D eigenvalue weighted by molar-refractivity contribution is -0.137. The topological polar surface area (TPSA) is 84.9 Å². The first-order valence-electron chi connectivity index (χ1n) is 11.4. The summed E-state index contributed by atoms with van der Waals surface area (Å²) in [4.78, 5) is 41.4. The van der Waals surface area contributed by atoms with E-state index in [0.717, 1.165) is 5.70 Å². The summed E-state index contributed by atoms with van der Waals surface area (Å²) in [5, 5.41) is 2.85. The maximum atomic E-state index is 13.4. The number of fused-ring (bicyclic) bond motifs is 2. The molecule has 0 spiro atoms. The number of esters is 1. The van der Waals surface area contributed by atoms with E-state index in [4.69, 9.17) is 9.47 Å². The number of benzene rings is 2. The van der Waals surface area contributed by atoms with E-state index in [0.29, 0.717) is 48.6 Å². The monoisotopic (exact) mass is 458 g/mol. The van der Waals surface area contributed by atoms with E-state index in [2.05, 4.69) is 5.32 Å². The molecule has 2 aromatic carbocycles. The van der Waals surface area contributed by atoms with Crippen molar-refractivity contribution in [2.45, 2.75) is 25.7 Å². The van der Waals surface area contributed by atoms with Crippen molar-refractivity contribution in [1.82, 2.24) is 10.2 Å². The average molecular weight is 459 g/mol. The van der Waals surface area contributed by atoms with Crippen LogP contribution in [0.4, 0.5) is 0 Å². The lowest BCUT2D eigenvalue weighted by atomic mass is 9.72. The predicted molar refractivity (Wildman–Crippen MR) is 125 cm³/mol. The normalized spacial score (nSPS) is 22.1. The zero-order valence-corrected chi connectivity index (χ0v) is 19.2. The highest BCUT2D eigenvalue weighted by atomic mass is 16.5. The molecule has 0 radical (unpaired) electrons. The van der Waals surface area contributed by atoms with Crippen LogP contribution in [0.2, 0.25) is 0 Å². The molecule has 0 aromatic heterocycles. The number of para-hydroxylation sites is 1. The Labute approximate surface area is 198 Å². The first-order chi connectivity index (χ1) is 16.5. The summed E-state index contributed by atoms with van der Waals surface area (Å²) in [5.74, 6) is -0.246. The third-order valence-corrected chi connectivity index (χ3v) is 6.53. The van der Waals surface area contributed by atoms with Gasteiger partial charge in [0, 0.05) is 36.7 Å². The molecule has 1 fully saturated rings. The van der Waals surface area contributed by atoms with Crippen LogP contribution in [0.25, 0.3) is 0 Å². The van der Waals surface area contributed by atoms with Crippen LogP contribution in [0.3, 0.4) is 0 Å². The minimum atomic E-state index is -0.711. The number of methoxy groups -OCH3 is 1. The number of hydrogen-bond acceptors (Lipinski definition) is 6. The lowest BCUT2D eigenvalue weighted by Gasteiger charge is -2.44. The van der Waals surface area contributed by atoms with Gasteiger partial charge in [-0.15, -0.1) is 0 Å². The van der Waals surface area contributed by atoms with Gasteiger partial charge in [-0.25, -0.2) is 4.79 Å². The van der Waals surface area contributed by atoms with Crippen molar-refractivity contribution in [3.63, 3.8) is 0 Å². The number of carbonyl (C=O) groups excluding carboxylic acids is 3. The molecule has 2 heterocycles. The summed E-state index contributed by atoms with van der Waals surface area (Å²) < 4.78 is 11.1.